The standard InChI is InChI=1S/C15H18BrClN2O/c16-13-9-11(4-5-14(13)17)15(20)19-8-7-18-6-2-1-3-12(18)10-19/h4-5,9,12H,1-3,6-8,10H2. The Kier molecular flexibility index (Phi) is 4.34. The van der Waals surface area contributed by atoms with Gasteiger partial charge in [-0.15, -0.1) is 0 Å². The largest absolute Gasteiger partial charge is 0.336 e. The van der Waals surface area contributed by atoms with Crippen LogP contribution in [0.4, 0.5) is 0 Å². The van der Waals surface area contributed by atoms with Crippen molar-refractivity contribution in [1.29, 1.82) is 0 Å². The number of fused-ring (bicyclic) bond motifs is 1. The van der Waals surface area contributed by atoms with Crippen molar-refractivity contribution in [1.82, 2.24) is 9.80 Å². The van der Waals surface area contributed by atoms with Crippen molar-refractivity contribution >= 4 is 33.4 Å². The van der Waals surface area contributed by atoms with Crippen molar-refractivity contribution in [2.24, 2.45) is 0 Å². The van der Waals surface area contributed by atoms with Crippen LogP contribution in [-0.2, 0) is 0 Å². The maximum absolute atomic E-state index is 12.6. The Bertz CT molecular complexity index is 523. The van der Waals surface area contributed by atoms with Crippen LogP contribution in [0.5, 0.6) is 0 Å². The molecule has 3 nitrogen and oxygen atoms in total. The Balaban J connectivity index is 1.72. The van der Waals surface area contributed by atoms with Crippen LogP contribution in [0.3, 0.4) is 0 Å². The molecule has 1 amide bonds. The zero-order valence-electron chi connectivity index (χ0n) is 11.3. The molecular formula is C15H18BrClN2O. The number of carbonyl (C=O) groups is 1. The highest BCUT2D eigenvalue weighted by molar-refractivity contribution is 9.10. The first-order chi connectivity index (χ1) is 9.65. The fourth-order valence-electron chi connectivity index (χ4n) is 3.15. The maximum Gasteiger partial charge on any atom is 0.253 e. The van der Waals surface area contributed by atoms with Gasteiger partial charge in [0, 0.05) is 35.7 Å². The van der Waals surface area contributed by atoms with Crippen LogP contribution < -0.4 is 0 Å². The van der Waals surface area contributed by atoms with Gasteiger partial charge in [-0.1, -0.05) is 18.0 Å². The predicted octanol–water partition coefficient (Wildman–Crippen LogP) is 3.41. The summed E-state index contributed by atoms with van der Waals surface area (Å²) in [7, 11) is 0. The van der Waals surface area contributed by atoms with Gasteiger partial charge in [-0.25, -0.2) is 0 Å². The molecule has 5 heteroatoms. The van der Waals surface area contributed by atoms with Crippen LogP contribution >= 0.6 is 27.5 Å². The van der Waals surface area contributed by atoms with Gasteiger partial charge in [-0.2, -0.15) is 0 Å². The molecule has 3 rings (SSSR count). The lowest BCUT2D eigenvalue weighted by Gasteiger charge is -2.44. The number of amides is 1. The summed E-state index contributed by atoms with van der Waals surface area (Å²) in [5, 5.41) is 0.638. The predicted molar refractivity (Wildman–Crippen MR) is 84.3 cm³/mol. The first-order valence-corrected chi connectivity index (χ1v) is 8.30. The normalized spacial score (nSPS) is 23.5. The zero-order valence-corrected chi connectivity index (χ0v) is 13.7. The van der Waals surface area contributed by atoms with Gasteiger partial charge in [0.05, 0.1) is 5.02 Å². The van der Waals surface area contributed by atoms with E-state index < -0.39 is 0 Å². The van der Waals surface area contributed by atoms with Gasteiger partial charge in [0.2, 0.25) is 0 Å². The van der Waals surface area contributed by atoms with Gasteiger partial charge in [-0.05, 0) is 53.5 Å². The number of carbonyl (C=O) groups excluding carboxylic acids is 1. The Morgan fingerprint density at radius 2 is 2.10 bits per heavy atom. The van der Waals surface area contributed by atoms with E-state index in [1.807, 2.05) is 17.0 Å². The van der Waals surface area contributed by atoms with Crippen molar-refractivity contribution < 1.29 is 4.79 Å². The summed E-state index contributed by atoms with van der Waals surface area (Å²) in [5.41, 5.74) is 0.713. The molecule has 1 aromatic carbocycles. The topological polar surface area (TPSA) is 23.6 Å². The molecule has 0 N–H and O–H groups in total. The first-order valence-electron chi connectivity index (χ1n) is 7.13. The smallest absolute Gasteiger partial charge is 0.253 e. The van der Waals surface area contributed by atoms with Crippen molar-refractivity contribution in [3.8, 4) is 0 Å². The fraction of sp³-hybridized carbons (Fsp3) is 0.533. The molecule has 1 unspecified atom stereocenters. The van der Waals surface area contributed by atoms with Crippen LogP contribution in [0.1, 0.15) is 29.6 Å². The zero-order chi connectivity index (χ0) is 14.1. The fourth-order valence-corrected chi connectivity index (χ4v) is 3.65. The molecule has 0 aromatic heterocycles. The number of piperidine rings is 1. The average Bonchev–Trinajstić information content (AvgIpc) is 2.49. The average molecular weight is 358 g/mol. The second kappa shape index (κ2) is 6.04. The number of halogens is 2. The molecule has 2 aliphatic heterocycles. The van der Waals surface area contributed by atoms with E-state index in [1.165, 1.54) is 25.8 Å². The summed E-state index contributed by atoms with van der Waals surface area (Å²) < 4.78 is 0.779. The third-order valence-corrected chi connectivity index (χ3v) is 5.51. The molecule has 0 saturated carbocycles. The Hall–Kier alpha value is -0.580. The molecular weight excluding hydrogens is 340 g/mol. The van der Waals surface area contributed by atoms with Gasteiger partial charge in [-0.3, -0.25) is 9.69 Å². The van der Waals surface area contributed by atoms with Gasteiger partial charge in [0.25, 0.3) is 5.91 Å². The second-order valence-electron chi connectivity index (χ2n) is 5.57. The summed E-state index contributed by atoms with van der Waals surface area (Å²) in [6.45, 7) is 3.89. The lowest BCUT2D eigenvalue weighted by atomic mass is 9.99. The minimum absolute atomic E-state index is 0.118. The van der Waals surface area contributed by atoms with Gasteiger partial charge in [0.15, 0.2) is 0 Å². The lowest BCUT2D eigenvalue weighted by molar-refractivity contribution is 0.0372. The van der Waals surface area contributed by atoms with Crippen LogP contribution in [0.2, 0.25) is 5.02 Å². The first kappa shape index (κ1) is 14.4. The van der Waals surface area contributed by atoms with Gasteiger partial charge < -0.3 is 4.90 Å². The number of hydrogen-bond acceptors (Lipinski definition) is 2. The highest BCUT2D eigenvalue weighted by Crippen LogP contribution is 2.26. The lowest BCUT2D eigenvalue weighted by Crippen LogP contribution is -2.56. The monoisotopic (exact) mass is 356 g/mol. The number of rotatable bonds is 1. The SMILES string of the molecule is O=C(c1ccc(Cl)c(Br)c1)N1CCN2CCCCC2C1. The van der Waals surface area contributed by atoms with Crippen molar-refractivity contribution in [3.63, 3.8) is 0 Å². The van der Waals surface area contributed by atoms with Crippen LogP contribution in [0.25, 0.3) is 0 Å². The molecule has 2 aliphatic rings. The molecule has 108 valence electrons. The molecule has 2 fully saturated rings. The molecule has 2 saturated heterocycles. The quantitative estimate of drug-likeness (QED) is 0.769. The number of nitrogens with zero attached hydrogens (tertiary/aromatic N) is 2. The number of hydrogen-bond donors (Lipinski definition) is 0. The summed E-state index contributed by atoms with van der Waals surface area (Å²) in [4.78, 5) is 17.1. The van der Waals surface area contributed by atoms with Crippen molar-refractivity contribution in [3.05, 3.63) is 33.3 Å². The molecule has 0 aliphatic carbocycles. The van der Waals surface area contributed by atoms with E-state index in [0.717, 1.165) is 24.1 Å². The summed E-state index contributed by atoms with van der Waals surface area (Å²) in [6, 6.07) is 5.95. The molecule has 1 aromatic rings. The Labute approximate surface area is 133 Å². The molecule has 1 atom stereocenters. The Morgan fingerprint density at radius 3 is 2.90 bits per heavy atom. The summed E-state index contributed by atoms with van der Waals surface area (Å²) in [5.74, 6) is 0.118. The van der Waals surface area contributed by atoms with E-state index in [1.54, 1.807) is 6.07 Å². The van der Waals surface area contributed by atoms with Crippen LogP contribution in [0, 0.1) is 0 Å². The molecule has 20 heavy (non-hydrogen) atoms. The third kappa shape index (κ3) is 2.87. The van der Waals surface area contributed by atoms with Crippen LogP contribution in [0.15, 0.2) is 22.7 Å². The van der Waals surface area contributed by atoms with Gasteiger partial charge >= 0.3 is 0 Å². The van der Waals surface area contributed by atoms with Crippen LogP contribution in [-0.4, -0.2) is 47.9 Å². The second-order valence-corrected chi connectivity index (χ2v) is 6.83. The number of benzene rings is 1. The molecule has 2 heterocycles. The van der Waals surface area contributed by atoms with E-state index in [0.29, 0.717) is 16.6 Å². The number of piperazine rings is 1. The Morgan fingerprint density at radius 1 is 1.25 bits per heavy atom. The molecule has 0 spiro atoms. The van der Waals surface area contributed by atoms with E-state index >= 15 is 0 Å². The van der Waals surface area contributed by atoms with E-state index in [4.69, 9.17) is 11.6 Å². The van der Waals surface area contributed by atoms with Crippen molar-refractivity contribution in [2.75, 3.05) is 26.2 Å². The van der Waals surface area contributed by atoms with Gasteiger partial charge in [0.1, 0.15) is 0 Å². The summed E-state index contributed by atoms with van der Waals surface area (Å²) >= 11 is 9.37. The third-order valence-electron chi connectivity index (χ3n) is 4.29. The highest BCUT2D eigenvalue weighted by atomic mass is 79.9. The minimum atomic E-state index is 0.118. The van der Waals surface area contributed by atoms with E-state index in [2.05, 4.69) is 20.8 Å². The minimum Gasteiger partial charge on any atom is -0.336 e. The van der Waals surface area contributed by atoms with E-state index in [-0.39, 0.29) is 5.91 Å². The van der Waals surface area contributed by atoms with E-state index in [9.17, 15) is 4.79 Å². The maximum atomic E-state index is 12.6. The molecule has 0 radical (unpaired) electrons. The summed E-state index contributed by atoms with van der Waals surface area (Å²) in [6.07, 6.45) is 3.80. The highest BCUT2D eigenvalue weighted by Gasteiger charge is 2.31. The van der Waals surface area contributed by atoms with Crippen molar-refractivity contribution in [2.45, 2.75) is 25.3 Å². The molecule has 0 bridgehead atoms.